The molecule has 0 aliphatic carbocycles. The van der Waals surface area contributed by atoms with E-state index in [4.69, 9.17) is 0 Å². The Morgan fingerprint density at radius 2 is 1.92 bits per heavy atom. The molecule has 2 aromatic carbocycles. The lowest BCUT2D eigenvalue weighted by Crippen LogP contribution is -2.25. The molecule has 4 nitrogen and oxygen atoms in total. The Kier molecular flexibility index (Phi) is 6.05. The summed E-state index contributed by atoms with van der Waals surface area (Å²) in [5, 5.41) is 2.98. The minimum absolute atomic E-state index is 0.0435. The lowest BCUT2D eigenvalue weighted by atomic mass is 10.1. The highest BCUT2D eigenvalue weighted by molar-refractivity contribution is 5.94. The van der Waals surface area contributed by atoms with Crippen molar-refractivity contribution in [1.29, 1.82) is 0 Å². The van der Waals surface area contributed by atoms with Crippen LogP contribution < -0.4 is 5.32 Å². The molecule has 26 heavy (non-hydrogen) atoms. The average Bonchev–Trinajstić information content (AvgIpc) is 3.04. The third kappa shape index (κ3) is 4.94. The molecule has 0 aromatic heterocycles. The van der Waals surface area contributed by atoms with Gasteiger partial charge >= 0.3 is 0 Å². The molecule has 136 valence electrons. The quantitative estimate of drug-likeness (QED) is 0.777. The van der Waals surface area contributed by atoms with Crippen LogP contribution in [0.4, 0.5) is 0 Å². The van der Waals surface area contributed by atoms with Gasteiger partial charge in [-0.1, -0.05) is 42.0 Å². The summed E-state index contributed by atoms with van der Waals surface area (Å²) in [4.78, 5) is 25.8. The van der Waals surface area contributed by atoms with E-state index in [1.165, 1.54) is 11.1 Å². The monoisotopic (exact) mass is 350 g/mol. The van der Waals surface area contributed by atoms with Crippen LogP contribution in [0.1, 0.15) is 46.3 Å². The van der Waals surface area contributed by atoms with Gasteiger partial charge in [0.05, 0.1) is 0 Å². The van der Waals surface area contributed by atoms with E-state index in [0.717, 1.165) is 31.4 Å². The second-order valence-corrected chi connectivity index (χ2v) is 6.96. The molecular weight excluding hydrogens is 324 g/mol. The minimum atomic E-state index is -0.0435. The smallest absolute Gasteiger partial charge is 0.251 e. The summed E-state index contributed by atoms with van der Waals surface area (Å²) < 4.78 is 0. The Hall–Kier alpha value is -2.62. The van der Waals surface area contributed by atoms with Gasteiger partial charge in [-0.25, -0.2) is 0 Å². The Labute approximate surface area is 155 Å². The van der Waals surface area contributed by atoms with Gasteiger partial charge in [0.2, 0.25) is 5.91 Å². The van der Waals surface area contributed by atoms with E-state index < -0.39 is 0 Å². The van der Waals surface area contributed by atoms with Crippen LogP contribution in [0, 0.1) is 6.92 Å². The van der Waals surface area contributed by atoms with Crippen molar-refractivity contribution in [1.82, 2.24) is 10.2 Å². The number of aryl methyl sites for hydroxylation is 2. The van der Waals surface area contributed by atoms with E-state index in [2.05, 4.69) is 36.5 Å². The van der Waals surface area contributed by atoms with Gasteiger partial charge in [0.1, 0.15) is 0 Å². The zero-order valence-electron chi connectivity index (χ0n) is 15.3. The Bertz CT molecular complexity index is 768. The van der Waals surface area contributed by atoms with Crippen molar-refractivity contribution >= 4 is 11.8 Å². The van der Waals surface area contributed by atoms with Gasteiger partial charge in [-0.05, 0) is 49.4 Å². The number of carbonyl (C=O) groups is 2. The standard InChI is InChI=1S/C22H26N2O2/c1-17-5-2-6-18(15-17)7-3-13-23-22(26)20-11-9-19(10-12-20)16-24-14-4-8-21(24)25/h2,5-6,9-12,15H,3-4,7-8,13-14,16H2,1H3,(H,23,26). The molecule has 3 rings (SSSR count). The Balaban J connectivity index is 1.43. The predicted molar refractivity (Wildman–Crippen MR) is 103 cm³/mol. The fourth-order valence-corrected chi connectivity index (χ4v) is 3.32. The van der Waals surface area contributed by atoms with Crippen LogP contribution in [-0.4, -0.2) is 29.8 Å². The lowest BCUT2D eigenvalue weighted by Gasteiger charge is -2.15. The van der Waals surface area contributed by atoms with Gasteiger partial charge in [0, 0.05) is 31.6 Å². The molecular formula is C22H26N2O2. The Morgan fingerprint density at radius 1 is 1.12 bits per heavy atom. The minimum Gasteiger partial charge on any atom is -0.352 e. The van der Waals surface area contributed by atoms with Crippen molar-refractivity contribution in [2.24, 2.45) is 0 Å². The van der Waals surface area contributed by atoms with Crippen LogP contribution in [0.5, 0.6) is 0 Å². The number of rotatable bonds is 7. The lowest BCUT2D eigenvalue weighted by molar-refractivity contribution is -0.128. The van der Waals surface area contributed by atoms with Crippen LogP contribution in [0.15, 0.2) is 48.5 Å². The highest BCUT2D eigenvalue weighted by Crippen LogP contribution is 2.15. The van der Waals surface area contributed by atoms with E-state index in [-0.39, 0.29) is 11.8 Å². The number of hydrogen-bond donors (Lipinski definition) is 1. The van der Waals surface area contributed by atoms with E-state index in [1.807, 2.05) is 29.2 Å². The molecule has 0 unspecified atom stereocenters. The molecule has 1 aliphatic heterocycles. The van der Waals surface area contributed by atoms with Gasteiger partial charge in [-0.2, -0.15) is 0 Å². The maximum absolute atomic E-state index is 12.2. The first-order chi connectivity index (χ1) is 12.6. The van der Waals surface area contributed by atoms with E-state index >= 15 is 0 Å². The zero-order valence-corrected chi connectivity index (χ0v) is 15.3. The van der Waals surface area contributed by atoms with Crippen LogP contribution in [0.2, 0.25) is 0 Å². The number of benzene rings is 2. The number of amides is 2. The van der Waals surface area contributed by atoms with Crippen molar-refractivity contribution in [3.05, 3.63) is 70.8 Å². The second kappa shape index (κ2) is 8.65. The SMILES string of the molecule is Cc1cccc(CCCNC(=O)c2ccc(CN3CCCC3=O)cc2)c1. The normalized spacial score (nSPS) is 13.9. The largest absolute Gasteiger partial charge is 0.352 e. The summed E-state index contributed by atoms with van der Waals surface area (Å²) >= 11 is 0. The van der Waals surface area contributed by atoms with Crippen molar-refractivity contribution in [3.8, 4) is 0 Å². The number of likely N-dealkylation sites (tertiary alicyclic amines) is 1. The maximum atomic E-state index is 12.2. The van der Waals surface area contributed by atoms with E-state index in [1.54, 1.807) is 0 Å². The average molecular weight is 350 g/mol. The van der Waals surface area contributed by atoms with E-state index in [9.17, 15) is 9.59 Å². The topological polar surface area (TPSA) is 49.4 Å². The molecule has 0 atom stereocenters. The van der Waals surface area contributed by atoms with Crippen molar-refractivity contribution < 1.29 is 9.59 Å². The molecule has 0 spiro atoms. The molecule has 1 saturated heterocycles. The molecule has 4 heteroatoms. The maximum Gasteiger partial charge on any atom is 0.251 e. The molecule has 2 aromatic rings. The van der Waals surface area contributed by atoms with Crippen LogP contribution in [0.3, 0.4) is 0 Å². The van der Waals surface area contributed by atoms with Gasteiger partial charge in [-0.15, -0.1) is 0 Å². The van der Waals surface area contributed by atoms with Gasteiger partial charge in [-0.3, -0.25) is 9.59 Å². The number of nitrogens with zero attached hydrogens (tertiary/aromatic N) is 1. The van der Waals surface area contributed by atoms with Crippen molar-refractivity contribution in [2.45, 2.75) is 39.2 Å². The Morgan fingerprint density at radius 3 is 2.62 bits per heavy atom. The summed E-state index contributed by atoms with van der Waals surface area (Å²) in [6.45, 7) is 4.23. The molecule has 1 N–H and O–H groups in total. The number of hydrogen-bond acceptors (Lipinski definition) is 2. The van der Waals surface area contributed by atoms with Gasteiger partial charge in [0.25, 0.3) is 5.91 Å². The van der Waals surface area contributed by atoms with Crippen LogP contribution in [0.25, 0.3) is 0 Å². The van der Waals surface area contributed by atoms with Gasteiger partial charge < -0.3 is 10.2 Å². The first-order valence-electron chi connectivity index (χ1n) is 9.32. The highest BCUT2D eigenvalue weighted by Gasteiger charge is 2.19. The predicted octanol–water partition coefficient (Wildman–Crippen LogP) is 3.48. The fraction of sp³-hybridized carbons (Fsp3) is 0.364. The summed E-state index contributed by atoms with van der Waals surface area (Å²) in [6.07, 6.45) is 3.49. The molecule has 0 bridgehead atoms. The summed E-state index contributed by atoms with van der Waals surface area (Å²) in [5.41, 5.74) is 4.30. The molecule has 1 aliphatic rings. The zero-order chi connectivity index (χ0) is 18.4. The van der Waals surface area contributed by atoms with Crippen molar-refractivity contribution in [2.75, 3.05) is 13.1 Å². The molecule has 0 radical (unpaired) electrons. The third-order valence-electron chi connectivity index (χ3n) is 4.77. The van der Waals surface area contributed by atoms with Crippen LogP contribution >= 0.6 is 0 Å². The van der Waals surface area contributed by atoms with Crippen LogP contribution in [-0.2, 0) is 17.8 Å². The first-order valence-corrected chi connectivity index (χ1v) is 9.32. The van der Waals surface area contributed by atoms with Crippen molar-refractivity contribution in [3.63, 3.8) is 0 Å². The fourth-order valence-electron chi connectivity index (χ4n) is 3.32. The molecule has 1 heterocycles. The third-order valence-corrected chi connectivity index (χ3v) is 4.77. The highest BCUT2D eigenvalue weighted by atomic mass is 16.2. The summed E-state index contributed by atoms with van der Waals surface area (Å²) in [7, 11) is 0. The first kappa shape index (κ1) is 18.2. The van der Waals surface area contributed by atoms with Gasteiger partial charge in [0.15, 0.2) is 0 Å². The molecule has 1 fully saturated rings. The molecule has 0 saturated carbocycles. The second-order valence-electron chi connectivity index (χ2n) is 6.96. The summed E-state index contributed by atoms with van der Waals surface area (Å²) in [6, 6.07) is 16.0. The number of carbonyl (C=O) groups excluding carboxylic acids is 2. The van der Waals surface area contributed by atoms with E-state index in [0.29, 0.717) is 25.1 Å². The number of nitrogens with one attached hydrogen (secondary N) is 1. The molecule has 2 amide bonds. The summed E-state index contributed by atoms with van der Waals surface area (Å²) in [5.74, 6) is 0.179.